The summed E-state index contributed by atoms with van der Waals surface area (Å²) in [4.78, 5) is 4.67. The molecule has 19 heavy (non-hydrogen) atoms. The van der Waals surface area contributed by atoms with Gasteiger partial charge < -0.3 is 21.3 Å². The van der Waals surface area contributed by atoms with E-state index >= 15 is 0 Å². The van der Waals surface area contributed by atoms with Gasteiger partial charge in [0, 0.05) is 31.9 Å². The first-order valence-electron chi connectivity index (χ1n) is 5.25. The number of nitrogens with zero attached hydrogens (tertiary/aromatic N) is 2. The van der Waals surface area contributed by atoms with Gasteiger partial charge in [-0.3, -0.25) is 0 Å². The molecule has 1 fully saturated rings. The lowest BCUT2D eigenvalue weighted by Crippen LogP contribution is -2.44. The van der Waals surface area contributed by atoms with Gasteiger partial charge in [0.2, 0.25) is 0 Å². The van der Waals surface area contributed by atoms with Crippen molar-refractivity contribution in [3.05, 3.63) is 18.2 Å². The third-order valence-corrected chi connectivity index (χ3v) is 2.94. The first-order valence-corrected chi connectivity index (χ1v) is 5.25. The van der Waals surface area contributed by atoms with Crippen LogP contribution in [-0.4, -0.2) is 38.1 Å². The lowest BCUT2D eigenvalue weighted by Gasteiger charge is -2.34. The van der Waals surface area contributed by atoms with Gasteiger partial charge >= 0.3 is 0 Å². The van der Waals surface area contributed by atoms with Crippen LogP contribution >= 0.6 is 49.6 Å². The van der Waals surface area contributed by atoms with Crippen molar-refractivity contribution in [2.45, 2.75) is 0 Å². The van der Waals surface area contributed by atoms with E-state index in [4.69, 9.17) is 11.5 Å². The standard InChI is InChI=1S/C11H18N4.4ClH/c1-14-4-6-15(7-5-14)9-2-3-10(12)11(13)8-9;;;;/h2-3,8H,4-7,12-13H2,1H3;4*1H. The topological polar surface area (TPSA) is 58.5 Å². The van der Waals surface area contributed by atoms with E-state index in [9.17, 15) is 0 Å². The summed E-state index contributed by atoms with van der Waals surface area (Å²) < 4.78 is 0. The van der Waals surface area contributed by atoms with Gasteiger partial charge in [0.05, 0.1) is 11.4 Å². The van der Waals surface area contributed by atoms with E-state index in [1.165, 1.54) is 5.69 Å². The maximum absolute atomic E-state index is 5.79. The van der Waals surface area contributed by atoms with Crippen LogP contribution < -0.4 is 16.4 Å². The maximum atomic E-state index is 5.79. The third kappa shape index (κ3) is 6.15. The van der Waals surface area contributed by atoms with E-state index in [-0.39, 0.29) is 49.6 Å². The average molecular weight is 352 g/mol. The zero-order chi connectivity index (χ0) is 10.8. The molecule has 8 heteroatoms. The minimum atomic E-state index is 0. The number of benzene rings is 1. The second-order valence-electron chi connectivity index (χ2n) is 4.10. The van der Waals surface area contributed by atoms with Gasteiger partial charge in [-0.15, -0.1) is 49.6 Å². The number of hydrogen-bond donors (Lipinski definition) is 2. The van der Waals surface area contributed by atoms with Crippen LogP contribution in [0.5, 0.6) is 0 Å². The van der Waals surface area contributed by atoms with Gasteiger partial charge in [-0.25, -0.2) is 0 Å². The zero-order valence-corrected chi connectivity index (χ0v) is 14.0. The molecule has 0 aromatic heterocycles. The molecule has 114 valence electrons. The normalized spacial score (nSPS) is 14.3. The highest BCUT2D eigenvalue weighted by Gasteiger charge is 2.14. The number of piperazine rings is 1. The summed E-state index contributed by atoms with van der Waals surface area (Å²) in [7, 11) is 2.15. The van der Waals surface area contributed by atoms with E-state index in [1.807, 2.05) is 18.2 Å². The fourth-order valence-electron chi connectivity index (χ4n) is 1.82. The summed E-state index contributed by atoms with van der Waals surface area (Å²) in [6.45, 7) is 4.31. The van der Waals surface area contributed by atoms with Crippen LogP contribution in [-0.2, 0) is 0 Å². The molecule has 0 unspecified atom stereocenters. The lowest BCUT2D eigenvalue weighted by molar-refractivity contribution is 0.313. The number of anilines is 3. The van der Waals surface area contributed by atoms with Gasteiger partial charge in [-0.05, 0) is 25.2 Å². The SMILES string of the molecule is CN1CCN(c2ccc(N)c(N)c2)CC1.Cl.Cl.Cl.Cl. The number of nitrogen functional groups attached to an aromatic ring is 2. The number of rotatable bonds is 1. The molecule has 0 radical (unpaired) electrons. The Kier molecular flexibility index (Phi) is 13.2. The Hall–Kier alpha value is -0.260. The molecular weight excluding hydrogens is 330 g/mol. The van der Waals surface area contributed by atoms with Crippen molar-refractivity contribution in [2.24, 2.45) is 0 Å². The molecule has 0 aliphatic carbocycles. The second-order valence-corrected chi connectivity index (χ2v) is 4.10. The Labute approximate surface area is 139 Å². The van der Waals surface area contributed by atoms with Gasteiger partial charge in [-0.2, -0.15) is 0 Å². The van der Waals surface area contributed by atoms with Crippen LogP contribution in [0.25, 0.3) is 0 Å². The molecule has 0 bridgehead atoms. The molecule has 0 saturated carbocycles. The summed E-state index contributed by atoms with van der Waals surface area (Å²) in [6.07, 6.45) is 0. The summed E-state index contributed by atoms with van der Waals surface area (Å²) in [6, 6.07) is 5.88. The summed E-state index contributed by atoms with van der Waals surface area (Å²) in [5, 5.41) is 0. The van der Waals surface area contributed by atoms with Crippen LogP contribution in [0, 0.1) is 0 Å². The van der Waals surface area contributed by atoms with Crippen LogP contribution in [0.4, 0.5) is 17.1 Å². The van der Waals surface area contributed by atoms with E-state index in [2.05, 4.69) is 16.8 Å². The summed E-state index contributed by atoms with van der Waals surface area (Å²) >= 11 is 0. The molecule has 1 aliphatic heterocycles. The number of nitrogens with two attached hydrogens (primary N) is 2. The molecule has 4 nitrogen and oxygen atoms in total. The average Bonchev–Trinajstić information content (AvgIpc) is 2.23. The summed E-state index contributed by atoms with van der Waals surface area (Å²) in [5.41, 5.74) is 14.0. The molecule has 1 aromatic carbocycles. The first-order chi connectivity index (χ1) is 7.16. The first kappa shape index (κ1) is 23.8. The van der Waals surface area contributed by atoms with Crippen LogP contribution in [0.3, 0.4) is 0 Å². The van der Waals surface area contributed by atoms with Crippen LogP contribution in [0.1, 0.15) is 0 Å². The highest BCUT2D eigenvalue weighted by atomic mass is 35.5. The molecule has 1 aromatic rings. The summed E-state index contributed by atoms with van der Waals surface area (Å²) in [5.74, 6) is 0. The number of likely N-dealkylation sites (N-methyl/N-ethyl adjacent to an activating group) is 1. The van der Waals surface area contributed by atoms with Crippen molar-refractivity contribution in [3.8, 4) is 0 Å². The van der Waals surface area contributed by atoms with Crippen LogP contribution in [0.2, 0.25) is 0 Å². The Morgan fingerprint density at radius 1 is 0.842 bits per heavy atom. The largest absolute Gasteiger partial charge is 0.397 e. The van der Waals surface area contributed by atoms with E-state index < -0.39 is 0 Å². The number of halogens is 4. The Bertz CT molecular complexity index is 357. The van der Waals surface area contributed by atoms with Crippen molar-refractivity contribution in [3.63, 3.8) is 0 Å². The monoisotopic (exact) mass is 350 g/mol. The van der Waals surface area contributed by atoms with Gasteiger partial charge in [0.25, 0.3) is 0 Å². The smallest absolute Gasteiger partial charge is 0.0568 e. The predicted octanol–water partition coefficient (Wildman–Crippen LogP) is 2.29. The zero-order valence-electron chi connectivity index (χ0n) is 10.7. The fourth-order valence-corrected chi connectivity index (χ4v) is 1.82. The molecule has 0 amide bonds. The van der Waals surface area contributed by atoms with Crippen molar-refractivity contribution in [1.82, 2.24) is 4.90 Å². The van der Waals surface area contributed by atoms with Crippen molar-refractivity contribution < 1.29 is 0 Å². The minimum Gasteiger partial charge on any atom is -0.397 e. The third-order valence-electron chi connectivity index (χ3n) is 2.94. The molecule has 1 aliphatic rings. The quantitative estimate of drug-likeness (QED) is 0.762. The van der Waals surface area contributed by atoms with Crippen molar-refractivity contribution in [2.75, 3.05) is 49.6 Å². The minimum absolute atomic E-state index is 0. The number of hydrogen-bond acceptors (Lipinski definition) is 4. The Balaban J connectivity index is -0.000000640. The molecular formula is C11H22Cl4N4. The van der Waals surface area contributed by atoms with Crippen LogP contribution in [0.15, 0.2) is 18.2 Å². The van der Waals surface area contributed by atoms with Gasteiger partial charge in [-0.1, -0.05) is 0 Å². The molecule has 2 rings (SSSR count). The van der Waals surface area contributed by atoms with E-state index in [0.717, 1.165) is 26.2 Å². The van der Waals surface area contributed by atoms with Gasteiger partial charge in [0.1, 0.15) is 0 Å². The predicted molar refractivity (Wildman–Crippen MR) is 94.0 cm³/mol. The maximum Gasteiger partial charge on any atom is 0.0568 e. The van der Waals surface area contributed by atoms with Crippen molar-refractivity contribution in [1.29, 1.82) is 0 Å². The molecule has 1 heterocycles. The fraction of sp³-hybridized carbons (Fsp3) is 0.455. The Morgan fingerprint density at radius 3 is 1.84 bits per heavy atom. The highest BCUT2D eigenvalue weighted by molar-refractivity contribution is 5.86. The van der Waals surface area contributed by atoms with E-state index in [1.54, 1.807) is 0 Å². The molecule has 0 atom stereocenters. The highest BCUT2D eigenvalue weighted by Crippen LogP contribution is 2.23. The van der Waals surface area contributed by atoms with Crippen molar-refractivity contribution >= 4 is 66.7 Å². The van der Waals surface area contributed by atoms with Gasteiger partial charge in [0.15, 0.2) is 0 Å². The Morgan fingerprint density at radius 2 is 1.37 bits per heavy atom. The molecule has 4 N–H and O–H groups in total. The second kappa shape index (κ2) is 10.5. The molecule has 1 saturated heterocycles. The van der Waals surface area contributed by atoms with E-state index in [0.29, 0.717) is 11.4 Å². The molecule has 0 spiro atoms. The lowest BCUT2D eigenvalue weighted by atomic mass is 10.2.